The van der Waals surface area contributed by atoms with E-state index in [-0.39, 0.29) is 11.4 Å². The van der Waals surface area contributed by atoms with Gasteiger partial charge in [0.15, 0.2) is 0 Å². The van der Waals surface area contributed by atoms with Crippen LogP contribution in [-0.2, 0) is 10.0 Å². The van der Waals surface area contributed by atoms with Crippen molar-refractivity contribution in [1.29, 1.82) is 0 Å². The molecule has 0 heterocycles. The first-order valence-corrected chi connectivity index (χ1v) is 8.92. The predicted molar refractivity (Wildman–Crippen MR) is 90.8 cm³/mol. The van der Waals surface area contributed by atoms with E-state index in [9.17, 15) is 18.5 Å². The molecular formula is C16H18N2O4S. The lowest BCUT2D eigenvalue weighted by Gasteiger charge is -2.09. The molecule has 0 spiro atoms. The summed E-state index contributed by atoms with van der Waals surface area (Å²) in [4.78, 5) is 10.4. The fourth-order valence-corrected chi connectivity index (χ4v) is 3.38. The third-order valence-electron chi connectivity index (χ3n) is 3.29. The predicted octanol–water partition coefficient (Wildman–Crippen LogP) is 3.80. The fourth-order valence-electron chi connectivity index (χ4n) is 2.13. The maximum absolute atomic E-state index is 11.9. The highest BCUT2D eigenvalue weighted by molar-refractivity contribution is 7.92. The molecule has 0 radical (unpaired) electrons. The topological polar surface area (TPSA) is 89.3 Å². The molecule has 0 aliphatic heterocycles. The average molecular weight is 334 g/mol. The zero-order valence-electron chi connectivity index (χ0n) is 12.7. The molecule has 23 heavy (non-hydrogen) atoms. The second-order valence-corrected chi connectivity index (χ2v) is 7.00. The fraction of sp³-hybridized carbons (Fsp3) is 0.250. The number of sulfonamides is 1. The summed E-state index contributed by atoms with van der Waals surface area (Å²) in [5.74, 6) is 0.0739. The van der Waals surface area contributed by atoms with E-state index >= 15 is 0 Å². The van der Waals surface area contributed by atoms with Crippen molar-refractivity contribution in [3.05, 3.63) is 58.6 Å². The molecule has 0 aliphatic carbocycles. The molecule has 6 nitrogen and oxygen atoms in total. The third kappa shape index (κ3) is 4.79. The molecule has 0 atom stereocenters. The van der Waals surface area contributed by atoms with Gasteiger partial charge in [0.05, 0.1) is 10.7 Å². The van der Waals surface area contributed by atoms with E-state index in [2.05, 4.69) is 4.72 Å². The van der Waals surface area contributed by atoms with Crippen molar-refractivity contribution in [3.63, 3.8) is 0 Å². The molecule has 7 heteroatoms. The Morgan fingerprint density at radius 1 is 1.09 bits per heavy atom. The second-order valence-electron chi connectivity index (χ2n) is 5.16. The summed E-state index contributed by atoms with van der Waals surface area (Å²) >= 11 is 0. The first-order chi connectivity index (χ1) is 10.9. The lowest BCUT2D eigenvalue weighted by molar-refractivity contribution is -0.384. The van der Waals surface area contributed by atoms with Gasteiger partial charge in [-0.3, -0.25) is 14.8 Å². The van der Waals surface area contributed by atoms with E-state index in [0.29, 0.717) is 23.2 Å². The molecule has 0 unspecified atom stereocenters. The van der Waals surface area contributed by atoms with Crippen LogP contribution < -0.4 is 4.72 Å². The molecule has 2 aromatic carbocycles. The van der Waals surface area contributed by atoms with Crippen LogP contribution in [0.1, 0.15) is 19.8 Å². The third-order valence-corrected chi connectivity index (χ3v) is 4.67. The van der Waals surface area contributed by atoms with E-state index in [1.54, 1.807) is 36.4 Å². The first-order valence-electron chi connectivity index (χ1n) is 7.26. The van der Waals surface area contributed by atoms with Crippen molar-refractivity contribution in [2.45, 2.75) is 19.8 Å². The molecule has 122 valence electrons. The minimum absolute atomic E-state index is 0.00331. The molecular weight excluding hydrogens is 316 g/mol. The number of rotatable bonds is 7. The van der Waals surface area contributed by atoms with Gasteiger partial charge in [0, 0.05) is 17.8 Å². The Bertz CT molecular complexity index is 803. The number of unbranched alkanes of at least 4 members (excludes halogenated alkanes) is 1. The minimum Gasteiger partial charge on any atom is -0.284 e. The van der Waals surface area contributed by atoms with E-state index in [1.165, 1.54) is 12.1 Å². The number of benzene rings is 2. The van der Waals surface area contributed by atoms with Crippen molar-refractivity contribution < 1.29 is 13.3 Å². The normalized spacial score (nSPS) is 11.2. The highest BCUT2D eigenvalue weighted by Gasteiger charge is 2.11. The number of hydrogen-bond acceptors (Lipinski definition) is 4. The van der Waals surface area contributed by atoms with Crippen LogP contribution >= 0.6 is 0 Å². The van der Waals surface area contributed by atoms with Gasteiger partial charge < -0.3 is 0 Å². The van der Waals surface area contributed by atoms with E-state index in [0.717, 1.165) is 6.42 Å². The van der Waals surface area contributed by atoms with Crippen LogP contribution in [0.5, 0.6) is 0 Å². The monoisotopic (exact) mass is 334 g/mol. The van der Waals surface area contributed by atoms with Crippen molar-refractivity contribution in [2.24, 2.45) is 0 Å². The Labute approximate surface area is 135 Å². The number of non-ortho nitro benzene ring substituents is 1. The van der Waals surface area contributed by atoms with Gasteiger partial charge in [-0.2, -0.15) is 0 Å². The van der Waals surface area contributed by atoms with Crippen LogP contribution in [0.15, 0.2) is 48.5 Å². The number of nitrogens with one attached hydrogen (secondary N) is 1. The number of hydrogen-bond donors (Lipinski definition) is 1. The standard InChI is InChI=1S/C16H18N2O4S/c1-2-3-10-23(21,22)17-15-8-4-6-13(11-15)14-7-5-9-16(12-14)18(19)20/h4-9,11-12,17H,2-3,10H2,1H3. The van der Waals surface area contributed by atoms with E-state index < -0.39 is 14.9 Å². The van der Waals surface area contributed by atoms with Gasteiger partial charge >= 0.3 is 0 Å². The maximum Gasteiger partial charge on any atom is 0.270 e. The van der Waals surface area contributed by atoms with Crippen LogP contribution in [0.3, 0.4) is 0 Å². The Morgan fingerprint density at radius 3 is 2.39 bits per heavy atom. The Morgan fingerprint density at radius 2 is 1.74 bits per heavy atom. The van der Waals surface area contributed by atoms with Crippen LogP contribution in [0.2, 0.25) is 0 Å². The van der Waals surface area contributed by atoms with E-state index in [4.69, 9.17) is 0 Å². The second kappa shape index (κ2) is 7.23. The minimum atomic E-state index is -3.38. The molecule has 0 bridgehead atoms. The van der Waals surface area contributed by atoms with Crippen LogP contribution in [0.4, 0.5) is 11.4 Å². The molecule has 0 saturated heterocycles. The largest absolute Gasteiger partial charge is 0.284 e. The van der Waals surface area contributed by atoms with Gasteiger partial charge in [0.2, 0.25) is 10.0 Å². The summed E-state index contributed by atoms with van der Waals surface area (Å²) in [6, 6.07) is 13.1. The Kier molecular flexibility index (Phi) is 5.33. The van der Waals surface area contributed by atoms with Crippen LogP contribution in [0, 0.1) is 10.1 Å². The smallest absolute Gasteiger partial charge is 0.270 e. The van der Waals surface area contributed by atoms with Crippen LogP contribution in [-0.4, -0.2) is 19.1 Å². The summed E-state index contributed by atoms with van der Waals surface area (Å²) in [6.07, 6.45) is 1.40. The zero-order valence-corrected chi connectivity index (χ0v) is 13.5. The lowest BCUT2D eigenvalue weighted by Crippen LogP contribution is -2.16. The molecule has 2 aromatic rings. The maximum atomic E-state index is 11.9. The molecule has 0 aromatic heterocycles. The molecule has 0 amide bonds. The average Bonchev–Trinajstić information content (AvgIpc) is 2.53. The van der Waals surface area contributed by atoms with Crippen molar-refractivity contribution >= 4 is 21.4 Å². The summed E-state index contributed by atoms with van der Waals surface area (Å²) in [5, 5.41) is 10.9. The summed E-state index contributed by atoms with van der Waals surface area (Å²) in [5.41, 5.74) is 1.82. The van der Waals surface area contributed by atoms with Crippen molar-refractivity contribution in [1.82, 2.24) is 0 Å². The number of nitro groups is 1. The Balaban J connectivity index is 2.26. The van der Waals surface area contributed by atoms with Gasteiger partial charge in [-0.25, -0.2) is 8.42 Å². The highest BCUT2D eigenvalue weighted by atomic mass is 32.2. The van der Waals surface area contributed by atoms with Gasteiger partial charge in [-0.15, -0.1) is 0 Å². The van der Waals surface area contributed by atoms with Gasteiger partial charge in [-0.1, -0.05) is 37.6 Å². The van der Waals surface area contributed by atoms with Crippen molar-refractivity contribution in [3.8, 4) is 11.1 Å². The van der Waals surface area contributed by atoms with Gasteiger partial charge in [-0.05, 0) is 29.7 Å². The molecule has 0 saturated carbocycles. The van der Waals surface area contributed by atoms with Gasteiger partial charge in [0.1, 0.15) is 0 Å². The number of nitrogens with zero attached hydrogens (tertiary/aromatic N) is 1. The van der Waals surface area contributed by atoms with Gasteiger partial charge in [0.25, 0.3) is 5.69 Å². The molecule has 1 N–H and O–H groups in total. The lowest BCUT2D eigenvalue weighted by atomic mass is 10.0. The van der Waals surface area contributed by atoms with Crippen molar-refractivity contribution in [2.75, 3.05) is 10.5 Å². The van der Waals surface area contributed by atoms with E-state index in [1.807, 2.05) is 6.92 Å². The summed E-state index contributed by atoms with van der Waals surface area (Å²) in [7, 11) is -3.38. The molecule has 0 fully saturated rings. The summed E-state index contributed by atoms with van der Waals surface area (Å²) < 4.78 is 26.4. The molecule has 0 aliphatic rings. The number of nitro benzene ring substituents is 1. The quantitative estimate of drug-likeness (QED) is 0.616. The zero-order chi connectivity index (χ0) is 16.9. The number of anilines is 1. The molecule has 2 rings (SSSR count). The SMILES string of the molecule is CCCCS(=O)(=O)Nc1cccc(-c2cccc([N+](=O)[O-])c2)c1. The summed E-state index contributed by atoms with van der Waals surface area (Å²) in [6.45, 7) is 1.93. The van der Waals surface area contributed by atoms with Crippen LogP contribution in [0.25, 0.3) is 11.1 Å². The first kappa shape index (κ1) is 17.0. The highest BCUT2D eigenvalue weighted by Crippen LogP contribution is 2.26. The Hall–Kier alpha value is -2.41.